The molecule has 1 aromatic carbocycles. The lowest BCUT2D eigenvalue weighted by Gasteiger charge is -1.97. The molecule has 0 spiro atoms. The van der Waals surface area contributed by atoms with Gasteiger partial charge >= 0.3 is 0 Å². The third kappa shape index (κ3) is 0.909. The van der Waals surface area contributed by atoms with Gasteiger partial charge in [0.15, 0.2) is 0 Å². The van der Waals surface area contributed by atoms with Gasteiger partial charge in [-0.3, -0.25) is 0 Å². The van der Waals surface area contributed by atoms with E-state index in [1.54, 1.807) is 12.3 Å². The third-order valence-corrected chi connectivity index (χ3v) is 2.46. The Kier molecular flexibility index (Phi) is 1.34. The molecule has 2 heterocycles. The van der Waals surface area contributed by atoms with Crippen molar-refractivity contribution in [1.82, 2.24) is 4.40 Å². The average molecular weight is 183 g/mol. The van der Waals surface area contributed by atoms with Crippen LogP contribution in [0, 0.1) is 0 Å². The molecule has 2 heteroatoms. The molecule has 3 aromatic rings. The fraction of sp³-hybridized carbons (Fsp3) is 0. The summed E-state index contributed by atoms with van der Waals surface area (Å²) in [7, 11) is 0. The minimum Gasteiger partial charge on any atom is -0.506 e. The minimum atomic E-state index is 0.291. The summed E-state index contributed by atoms with van der Waals surface area (Å²) >= 11 is 0. The van der Waals surface area contributed by atoms with Crippen molar-refractivity contribution in [3.8, 4) is 5.75 Å². The van der Waals surface area contributed by atoms with E-state index in [-0.39, 0.29) is 0 Å². The van der Waals surface area contributed by atoms with Gasteiger partial charge in [-0.2, -0.15) is 0 Å². The van der Waals surface area contributed by atoms with Crippen molar-refractivity contribution in [2.45, 2.75) is 0 Å². The largest absolute Gasteiger partial charge is 0.506 e. The molecular weight excluding hydrogens is 174 g/mol. The number of fused-ring (bicyclic) bond motifs is 3. The fourth-order valence-electron chi connectivity index (χ4n) is 1.82. The van der Waals surface area contributed by atoms with E-state index in [1.807, 2.05) is 28.7 Å². The molecule has 0 saturated carbocycles. The van der Waals surface area contributed by atoms with Crippen LogP contribution in [0.25, 0.3) is 16.4 Å². The summed E-state index contributed by atoms with van der Waals surface area (Å²) in [5.41, 5.74) is 2.22. The second-order valence-electron chi connectivity index (χ2n) is 3.39. The topological polar surface area (TPSA) is 24.6 Å². The molecule has 14 heavy (non-hydrogen) atoms. The predicted octanol–water partition coefficient (Wildman–Crippen LogP) is 2.80. The van der Waals surface area contributed by atoms with Crippen molar-refractivity contribution in [2.24, 2.45) is 0 Å². The second kappa shape index (κ2) is 2.51. The van der Waals surface area contributed by atoms with E-state index in [0.717, 1.165) is 11.0 Å². The molecular formula is C12H9NO. The highest BCUT2D eigenvalue weighted by molar-refractivity contribution is 5.87. The molecule has 68 valence electrons. The maximum absolute atomic E-state index is 9.39. The summed E-state index contributed by atoms with van der Waals surface area (Å²) in [6.45, 7) is 0. The van der Waals surface area contributed by atoms with Gasteiger partial charge in [-0.15, -0.1) is 0 Å². The first-order valence-electron chi connectivity index (χ1n) is 4.53. The summed E-state index contributed by atoms with van der Waals surface area (Å²) in [6, 6.07) is 13.8. The highest BCUT2D eigenvalue weighted by Gasteiger charge is 2.00. The Morgan fingerprint density at radius 3 is 2.79 bits per heavy atom. The molecule has 0 radical (unpaired) electrons. The smallest absolute Gasteiger partial charge is 0.132 e. The first kappa shape index (κ1) is 7.44. The highest BCUT2D eigenvalue weighted by atomic mass is 16.3. The SMILES string of the molecule is Oc1ccc2cc3ccccc3n2c1. The van der Waals surface area contributed by atoms with E-state index in [4.69, 9.17) is 0 Å². The molecule has 1 N–H and O–H groups in total. The summed E-state index contributed by atoms with van der Waals surface area (Å²) in [5, 5.41) is 10.6. The number of pyridine rings is 1. The molecule has 0 bridgehead atoms. The monoisotopic (exact) mass is 183 g/mol. The van der Waals surface area contributed by atoms with E-state index in [9.17, 15) is 5.11 Å². The Balaban J connectivity index is 2.58. The molecule has 0 aliphatic carbocycles. The minimum absolute atomic E-state index is 0.291. The van der Waals surface area contributed by atoms with Crippen LogP contribution in [0.1, 0.15) is 0 Å². The standard InChI is InChI=1S/C12H9NO/c14-11-6-5-10-7-9-3-1-2-4-12(9)13(10)8-11/h1-8,14H. The van der Waals surface area contributed by atoms with Crippen molar-refractivity contribution in [3.05, 3.63) is 48.7 Å². The molecule has 0 fully saturated rings. The van der Waals surface area contributed by atoms with E-state index in [2.05, 4.69) is 12.1 Å². The Bertz CT molecular complexity index is 610. The number of rotatable bonds is 0. The molecule has 0 unspecified atom stereocenters. The summed E-state index contributed by atoms with van der Waals surface area (Å²) in [5.74, 6) is 0.291. The average Bonchev–Trinajstić information content (AvgIpc) is 2.56. The molecule has 0 aliphatic heterocycles. The molecule has 3 rings (SSSR count). The second-order valence-corrected chi connectivity index (χ2v) is 3.39. The number of benzene rings is 1. The number of aromatic hydroxyl groups is 1. The zero-order valence-electron chi connectivity index (χ0n) is 7.51. The van der Waals surface area contributed by atoms with Crippen LogP contribution in [0.2, 0.25) is 0 Å². The molecule has 0 amide bonds. The van der Waals surface area contributed by atoms with E-state index < -0.39 is 0 Å². The van der Waals surface area contributed by atoms with Crippen LogP contribution in [0.5, 0.6) is 5.75 Å². The van der Waals surface area contributed by atoms with Gasteiger partial charge in [-0.1, -0.05) is 18.2 Å². The molecule has 0 saturated heterocycles. The van der Waals surface area contributed by atoms with Crippen LogP contribution < -0.4 is 0 Å². The predicted molar refractivity (Wildman–Crippen MR) is 56.6 cm³/mol. The van der Waals surface area contributed by atoms with E-state index in [0.29, 0.717) is 5.75 Å². The van der Waals surface area contributed by atoms with Crippen LogP contribution in [0.3, 0.4) is 0 Å². The third-order valence-electron chi connectivity index (χ3n) is 2.46. The maximum Gasteiger partial charge on any atom is 0.132 e. The van der Waals surface area contributed by atoms with Gasteiger partial charge in [0.2, 0.25) is 0 Å². The zero-order valence-corrected chi connectivity index (χ0v) is 7.51. The van der Waals surface area contributed by atoms with Gasteiger partial charge in [0.25, 0.3) is 0 Å². The lowest BCUT2D eigenvalue weighted by molar-refractivity contribution is 0.472. The van der Waals surface area contributed by atoms with Crippen molar-refractivity contribution >= 4 is 16.4 Å². The number of hydrogen-bond donors (Lipinski definition) is 1. The van der Waals surface area contributed by atoms with Crippen LogP contribution in [-0.2, 0) is 0 Å². The van der Waals surface area contributed by atoms with Crippen LogP contribution in [0.15, 0.2) is 48.7 Å². The summed E-state index contributed by atoms with van der Waals surface area (Å²) < 4.78 is 1.99. The molecule has 2 nitrogen and oxygen atoms in total. The maximum atomic E-state index is 9.39. The number of para-hydroxylation sites is 1. The van der Waals surface area contributed by atoms with Crippen LogP contribution in [0.4, 0.5) is 0 Å². The number of hydrogen-bond acceptors (Lipinski definition) is 1. The van der Waals surface area contributed by atoms with E-state index >= 15 is 0 Å². The lowest BCUT2D eigenvalue weighted by Crippen LogP contribution is -1.81. The Morgan fingerprint density at radius 2 is 1.86 bits per heavy atom. The Morgan fingerprint density at radius 1 is 1.00 bits per heavy atom. The van der Waals surface area contributed by atoms with Gasteiger partial charge < -0.3 is 9.51 Å². The number of nitrogens with zero attached hydrogens (tertiary/aromatic N) is 1. The van der Waals surface area contributed by atoms with Crippen LogP contribution >= 0.6 is 0 Å². The number of aromatic nitrogens is 1. The molecule has 2 aromatic heterocycles. The Hall–Kier alpha value is -1.96. The molecule has 0 atom stereocenters. The van der Waals surface area contributed by atoms with Crippen molar-refractivity contribution in [1.29, 1.82) is 0 Å². The van der Waals surface area contributed by atoms with Gasteiger partial charge in [0, 0.05) is 10.9 Å². The first-order chi connectivity index (χ1) is 6.84. The fourth-order valence-corrected chi connectivity index (χ4v) is 1.82. The lowest BCUT2D eigenvalue weighted by atomic mass is 10.2. The van der Waals surface area contributed by atoms with Crippen molar-refractivity contribution in [2.75, 3.05) is 0 Å². The van der Waals surface area contributed by atoms with E-state index in [1.165, 1.54) is 5.39 Å². The Labute approximate surface area is 81.0 Å². The van der Waals surface area contributed by atoms with Crippen molar-refractivity contribution < 1.29 is 5.11 Å². The summed E-state index contributed by atoms with van der Waals surface area (Å²) in [4.78, 5) is 0. The normalized spacial score (nSPS) is 11.1. The van der Waals surface area contributed by atoms with Gasteiger partial charge in [-0.05, 0) is 24.3 Å². The van der Waals surface area contributed by atoms with Crippen molar-refractivity contribution in [3.63, 3.8) is 0 Å². The van der Waals surface area contributed by atoms with Crippen LogP contribution in [-0.4, -0.2) is 9.51 Å². The zero-order chi connectivity index (χ0) is 9.54. The van der Waals surface area contributed by atoms with Gasteiger partial charge in [0.1, 0.15) is 5.75 Å². The highest BCUT2D eigenvalue weighted by Crippen LogP contribution is 2.22. The quantitative estimate of drug-likeness (QED) is 0.569. The summed E-state index contributed by atoms with van der Waals surface area (Å²) in [6.07, 6.45) is 1.73. The van der Waals surface area contributed by atoms with Gasteiger partial charge in [-0.25, -0.2) is 0 Å². The first-order valence-corrected chi connectivity index (χ1v) is 4.53. The molecule has 0 aliphatic rings. The van der Waals surface area contributed by atoms with Gasteiger partial charge in [0.05, 0.1) is 11.7 Å².